The first-order valence-corrected chi connectivity index (χ1v) is 17.1. The van der Waals surface area contributed by atoms with E-state index in [4.69, 9.17) is 4.74 Å². The quantitative estimate of drug-likeness (QED) is 0.166. The molecule has 0 bridgehead atoms. The van der Waals surface area contributed by atoms with Crippen LogP contribution in [0.2, 0.25) is 0 Å². The number of alkyl halides is 1. The molecule has 3 amide bonds. The molecule has 9 atom stereocenters. The van der Waals surface area contributed by atoms with Crippen molar-refractivity contribution in [1.29, 1.82) is 0 Å². The lowest BCUT2D eigenvalue weighted by Gasteiger charge is -2.33. The van der Waals surface area contributed by atoms with E-state index in [1.807, 2.05) is 12.2 Å². The van der Waals surface area contributed by atoms with E-state index in [1.54, 1.807) is 25.9 Å². The van der Waals surface area contributed by atoms with Gasteiger partial charge in [0, 0.05) is 17.3 Å². The monoisotopic (exact) mass is 697 g/mol. The molecule has 3 aliphatic heterocycles. The fourth-order valence-corrected chi connectivity index (χ4v) is 7.67. The number of carbonyl (C=O) groups excluding carboxylic acids is 3. The lowest BCUT2D eigenvalue weighted by atomic mass is 9.85. The fraction of sp³-hybridized carbons (Fsp3) is 0.800. The number of nitrogens with zero attached hydrogens (tertiary/aromatic N) is 2. The zero-order valence-electron chi connectivity index (χ0n) is 26.3. The summed E-state index contributed by atoms with van der Waals surface area (Å²) in [5, 5.41) is 27.6. The minimum absolute atomic E-state index is 0.000958. The number of nitrogens with one attached hydrogen (secondary N) is 5. The van der Waals surface area contributed by atoms with Gasteiger partial charge in [0.2, 0.25) is 11.8 Å². The lowest BCUT2D eigenvalue weighted by Crippen LogP contribution is -2.56. The van der Waals surface area contributed by atoms with Gasteiger partial charge in [0.25, 0.3) is 0 Å². The second kappa shape index (κ2) is 13.8. The van der Waals surface area contributed by atoms with Gasteiger partial charge >= 0.3 is 12.1 Å². The summed E-state index contributed by atoms with van der Waals surface area (Å²) in [5.41, 5.74) is 7.70. The summed E-state index contributed by atoms with van der Waals surface area (Å²) in [6, 6.07) is -2.20. The Balaban J connectivity index is 1.36. The highest BCUT2D eigenvalue weighted by molar-refractivity contribution is 9.09. The molecular formula is C30H48BrN7O7. The maximum atomic E-state index is 14.2. The highest BCUT2D eigenvalue weighted by Gasteiger charge is 2.61. The number of aliphatic hydroxyl groups excluding tert-OH is 1. The molecule has 4 unspecified atom stereocenters. The number of aliphatic carboxylic acids is 1. The van der Waals surface area contributed by atoms with Crippen molar-refractivity contribution >= 4 is 39.8 Å². The standard InChI is InChI=1S/C30H48BrN7O7/c1-29(2,3)45-28(44)32-21-10-8-6-4-5-7-9-18-15-30(18,27(42)43)33-25(40)22-14-19(16-37(22)26(21)41)38-35-24(34-36-38)17-11-12-23(39)20(31)13-17/h7,9,17-24,34-36,39H,4-6,8,10-16H2,1-3H3,(H,32,44)(H,33,40)(H,42,43)/b9-7-/t17?,18-,19-,20?,21+,22+,23?,24?,30-/m1/s1. The highest BCUT2D eigenvalue weighted by atomic mass is 79.9. The molecule has 4 fully saturated rings. The van der Waals surface area contributed by atoms with Crippen LogP contribution in [0.15, 0.2) is 12.2 Å². The first-order chi connectivity index (χ1) is 21.3. The van der Waals surface area contributed by atoms with Gasteiger partial charge < -0.3 is 30.5 Å². The molecule has 5 aliphatic rings. The minimum atomic E-state index is -1.40. The van der Waals surface area contributed by atoms with Crippen molar-refractivity contribution in [3.05, 3.63) is 12.2 Å². The van der Waals surface area contributed by atoms with Gasteiger partial charge in [-0.25, -0.2) is 20.4 Å². The van der Waals surface area contributed by atoms with Crippen molar-refractivity contribution in [3.63, 3.8) is 0 Å². The first kappa shape index (κ1) is 34.0. The molecule has 45 heavy (non-hydrogen) atoms. The third kappa shape index (κ3) is 7.99. The van der Waals surface area contributed by atoms with Gasteiger partial charge in [-0.15, -0.1) is 0 Å². The largest absolute Gasteiger partial charge is 0.479 e. The molecule has 7 N–H and O–H groups in total. The predicted molar refractivity (Wildman–Crippen MR) is 167 cm³/mol. The molecule has 3 heterocycles. The number of hydrogen-bond donors (Lipinski definition) is 7. The van der Waals surface area contributed by atoms with Crippen LogP contribution in [0.25, 0.3) is 0 Å². The number of rotatable bonds is 4. The number of carbonyl (C=O) groups is 4. The summed E-state index contributed by atoms with van der Waals surface area (Å²) >= 11 is 3.58. The SMILES string of the molecule is CC(C)(C)OC(=O)N[C@H]1CCCCC/C=C\[C@@H]2C[C@@]2(C(=O)O)NC(=O)[C@@H]2C[C@@H](N3NNC(C4CCC(O)C(Br)C4)N3)CN2C1=O. The predicted octanol–water partition coefficient (Wildman–Crippen LogP) is 1.41. The van der Waals surface area contributed by atoms with Gasteiger partial charge in [0.15, 0.2) is 0 Å². The number of carboxylic acids is 1. The number of ether oxygens (including phenoxy) is 1. The van der Waals surface area contributed by atoms with Crippen LogP contribution in [0.3, 0.4) is 0 Å². The second-order valence-electron chi connectivity index (χ2n) is 14.1. The zero-order chi connectivity index (χ0) is 32.5. The van der Waals surface area contributed by atoms with E-state index >= 15 is 0 Å². The number of amides is 3. The fourth-order valence-electron chi connectivity index (χ4n) is 6.92. The number of halogens is 1. The molecular weight excluding hydrogens is 650 g/mol. The smallest absolute Gasteiger partial charge is 0.408 e. The second-order valence-corrected chi connectivity index (χ2v) is 15.3. The minimum Gasteiger partial charge on any atom is -0.479 e. The molecule has 0 aromatic rings. The zero-order valence-corrected chi connectivity index (χ0v) is 27.8. The Morgan fingerprint density at radius 3 is 2.62 bits per heavy atom. The van der Waals surface area contributed by atoms with Crippen molar-refractivity contribution in [2.24, 2.45) is 11.8 Å². The van der Waals surface area contributed by atoms with E-state index in [-0.39, 0.29) is 47.9 Å². The van der Waals surface area contributed by atoms with E-state index in [0.29, 0.717) is 25.7 Å². The Kier molecular flexibility index (Phi) is 10.5. The Bertz CT molecular complexity index is 1170. The molecule has 2 saturated carbocycles. The lowest BCUT2D eigenvalue weighted by molar-refractivity contribution is -0.145. The molecule has 0 spiro atoms. The summed E-state index contributed by atoms with van der Waals surface area (Å²) < 4.78 is 5.46. The van der Waals surface area contributed by atoms with E-state index in [1.165, 1.54) is 4.90 Å². The van der Waals surface area contributed by atoms with Gasteiger partial charge in [-0.3, -0.25) is 9.59 Å². The number of aliphatic hydroxyl groups is 1. The third-order valence-electron chi connectivity index (χ3n) is 9.56. The summed E-state index contributed by atoms with van der Waals surface area (Å²) in [4.78, 5) is 54.7. The normalized spacial score (nSPS) is 39.1. The van der Waals surface area contributed by atoms with Crippen molar-refractivity contribution < 1.29 is 34.1 Å². The number of hydrogen-bond acceptors (Lipinski definition) is 10. The molecule has 0 aromatic carbocycles. The molecule has 5 rings (SSSR count). The maximum Gasteiger partial charge on any atom is 0.408 e. The van der Waals surface area contributed by atoms with Crippen molar-refractivity contribution in [1.82, 2.24) is 37.0 Å². The molecule has 2 aliphatic carbocycles. The van der Waals surface area contributed by atoms with Crippen molar-refractivity contribution in [2.75, 3.05) is 6.54 Å². The number of hydrazine groups is 3. The van der Waals surface area contributed by atoms with Crippen molar-refractivity contribution in [2.45, 2.75) is 131 Å². The van der Waals surface area contributed by atoms with Crippen LogP contribution in [0.1, 0.15) is 85.0 Å². The average molecular weight is 699 g/mol. The Labute approximate surface area is 272 Å². The summed E-state index contributed by atoms with van der Waals surface area (Å²) in [6.45, 7) is 5.42. The average Bonchev–Trinajstić information content (AvgIpc) is 3.28. The third-order valence-corrected chi connectivity index (χ3v) is 10.5. The Hall–Kier alpha value is -2.30. The molecule has 0 aromatic heterocycles. The van der Waals surface area contributed by atoms with Gasteiger partial charge in [0.05, 0.1) is 18.3 Å². The number of carboxylic acid groups (broad SMARTS) is 1. The van der Waals surface area contributed by atoms with E-state index in [2.05, 4.69) is 42.9 Å². The summed E-state index contributed by atoms with van der Waals surface area (Å²) in [6.07, 6.45) is 8.95. The number of alkyl carbamates (subject to hydrolysis) is 1. The van der Waals surface area contributed by atoms with Crippen LogP contribution in [0.5, 0.6) is 0 Å². The summed E-state index contributed by atoms with van der Waals surface area (Å²) in [5.74, 6) is -2.11. The Morgan fingerprint density at radius 2 is 1.91 bits per heavy atom. The van der Waals surface area contributed by atoms with Gasteiger partial charge in [-0.1, -0.05) is 40.9 Å². The van der Waals surface area contributed by atoms with Crippen LogP contribution < -0.4 is 27.0 Å². The topological polar surface area (TPSA) is 185 Å². The van der Waals surface area contributed by atoms with Crippen LogP contribution in [-0.4, -0.2) is 97.0 Å². The molecule has 15 heteroatoms. The van der Waals surface area contributed by atoms with Crippen LogP contribution >= 0.6 is 15.9 Å². The van der Waals surface area contributed by atoms with Crippen LogP contribution in [0.4, 0.5) is 4.79 Å². The van der Waals surface area contributed by atoms with E-state index in [9.17, 15) is 29.4 Å². The Morgan fingerprint density at radius 1 is 1.13 bits per heavy atom. The van der Waals surface area contributed by atoms with Gasteiger partial charge in [-0.05, 0) is 78.1 Å². The molecule has 2 saturated heterocycles. The molecule has 14 nitrogen and oxygen atoms in total. The van der Waals surface area contributed by atoms with Crippen LogP contribution in [-0.2, 0) is 19.1 Å². The number of fused-ring (bicyclic) bond motifs is 2. The van der Waals surface area contributed by atoms with Crippen LogP contribution in [0, 0.1) is 11.8 Å². The highest BCUT2D eigenvalue weighted by Crippen LogP contribution is 2.45. The number of allylic oxidation sites excluding steroid dienone is 1. The molecule has 0 radical (unpaired) electrons. The first-order valence-electron chi connectivity index (χ1n) is 16.2. The van der Waals surface area contributed by atoms with Gasteiger partial charge in [-0.2, -0.15) is 10.7 Å². The maximum absolute atomic E-state index is 14.2. The van der Waals surface area contributed by atoms with Crippen molar-refractivity contribution in [3.8, 4) is 0 Å². The van der Waals surface area contributed by atoms with E-state index < -0.39 is 47.1 Å². The van der Waals surface area contributed by atoms with E-state index in [0.717, 1.165) is 32.1 Å². The molecule has 252 valence electrons. The van der Waals surface area contributed by atoms with Gasteiger partial charge in [0.1, 0.15) is 23.2 Å². The summed E-state index contributed by atoms with van der Waals surface area (Å²) in [7, 11) is 0.